The summed E-state index contributed by atoms with van der Waals surface area (Å²) in [6.45, 7) is 0.931. The Balaban J connectivity index is 1.61. The van der Waals surface area contributed by atoms with Gasteiger partial charge in [-0.15, -0.1) is 0 Å². The molecule has 0 bridgehead atoms. The normalized spacial score (nSPS) is 25.5. The van der Waals surface area contributed by atoms with Gasteiger partial charge in [0.15, 0.2) is 0 Å². The fourth-order valence-corrected chi connectivity index (χ4v) is 3.42. The highest BCUT2D eigenvalue weighted by Gasteiger charge is 2.46. The average molecular weight is 345 g/mol. The number of pyridine rings is 1. The highest BCUT2D eigenvalue weighted by atomic mass is 16.2. The number of nitrogens with zero attached hydrogens (tertiary/aromatic N) is 2. The molecule has 0 unspecified atom stereocenters. The van der Waals surface area contributed by atoms with E-state index in [0.717, 1.165) is 12.8 Å². The summed E-state index contributed by atoms with van der Waals surface area (Å²) in [5.41, 5.74) is 5.94. The summed E-state index contributed by atoms with van der Waals surface area (Å²) in [5, 5.41) is 5.70. The second kappa shape index (κ2) is 7.60. The van der Waals surface area contributed by atoms with Gasteiger partial charge in [0.2, 0.25) is 11.8 Å². The highest BCUT2D eigenvalue weighted by molar-refractivity contribution is 5.98. The predicted octanol–water partition coefficient (Wildman–Crippen LogP) is -0.592. The first-order valence-corrected chi connectivity index (χ1v) is 8.62. The Labute approximate surface area is 146 Å². The number of amides is 3. The van der Waals surface area contributed by atoms with E-state index in [2.05, 4.69) is 15.6 Å². The van der Waals surface area contributed by atoms with Gasteiger partial charge in [0.1, 0.15) is 12.1 Å². The number of carbonyl (C=O) groups is 3. The number of nitrogens with two attached hydrogens (primary N) is 1. The van der Waals surface area contributed by atoms with Crippen LogP contribution in [-0.2, 0) is 9.59 Å². The Hall–Kier alpha value is -2.48. The number of rotatable bonds is 6. The number of carbonyl (C=O) groups excluding carboxylic acids is 3. The number of nitrogens with one attached hydrogen (secondary N) is 2. The molecule has 2 saturated heterocycles. The van der Waals surface area contributed by atoms with E-state index in [9.17, 15) is 14.4 Å². The van der Waals surface area contributed by atoms with Gasteiger partial charge in [-0.05, 0) is 44.4 Å². The summed E-state index contributed by atoms with van der Waals surface area (Å²) in [6, 6.07) is 2.14. The van der Waals surface area contributed by atoms with Crippen LogP contribution in [-0.4, -0.2) is 58.8 Å². The lowest BCUT2D eigenvalue weighted by molar-refractivity contribution is -0.147. The Morgan fingerprint density at radius 2 is 2.24 bits per heavy atom. The number of hydrogen-bond acceptors (Lipinski definition) is 5. The van der Waals surface area contributed by atoms with Crippen LogP contribution >= 0.6 is 0 Å². The van der Waals surface area contributed by atoms with Gasteiger partial charge in [0, 0.05) is 25.0 Å². The summed E-state index contributed by atoms with van der Waals surface area (Å²) in [7, 11) is 0. The number of aromatic nitrogens is 1. The lowest BCUT2D eigenvalue weighted by atomic mass is 10.0. The van der Waals surface area contributed by atoms with E-state index in [1.54, 1.807) is 23.2 Å². The minimum Gasteiger partial charge on any atom is -0.347 e. The molecule has 3 heterocycles. The molecule has 1 aromatic heterocycles. The van der Waals surface area contributed by atoms with Gasteiger partial charge in [-0.3, -0.25) is 19.4 Å². The van der Waals surface area contributed by atoms with Crippen molar-refractivity contribution < 1.29 is 14.4 Å². The second-order valence-electron chi connectivity index (χ2n) is 6.50. The zero-order chi connectivity index (χ0) is 17.8. The van der Waals surface area contributed by atoms with Crippen molar-refractivity contribution in [2.45, 2.75) is 43.8 Å². The van der Waals surface area contributed by atoms with E-state index in [1.807, 2.05) is 0 Å². The van der Waals surface area contributed by atoms with E-state index >= 15 is 0 Å². The van der Waals surface area contributed by atoms with Crippen LogP contribution in [0, 0.1) is 0 Å². The van der Waals surface area contributed by atoms with Gasteiger partial charge >= 0.3 is 0 Å². The predicted molar refractivity (Wildman–Crippen MR) is 90.4 cm³/mol. The van der Waals surface area contributed by atoms with E-state index in [0.29, 0.717) is 31.5 Å². The van der Waals surface area contributed by atoms with Gasteiger partial charge in [0.05, 0.1) is 5.56 Å². The summed E-state index contributed by atoms with van der Waals surface area (Å²) in [5.74, 6) is -0.458. The molecule has 0 spiro atoms. The van der Waals surface area contributed by atoms with Crippen LogP contribution in [0.1, 0.15) is 36.0 Å². The molecule has 0 radical (unpaired) electrons. The van der Waals surface area contributed by atoms with E-state index in [-0.39, 0.29) is 23.8 Å². The third kappa shape index (κ3) is 3.79. The van der Waals surface area contributed by atoms with Crippen LogP contribution in [0.2, 0.25) is 0 Å². The summed E-state index contributed by atoms with van der Waals surface area (Å²) < 4.78 is 0. The van der Waals surface area contributed by atoms with Crippen LogP contribution < -0.4 is 16.4 Å². The Morgan fingerprint density at radius 1 is 1.40 bits per heavy atom. The average Bonchev–Trinajstić information content (AvgIpc) is 3.05. The monoisotopic (exact) mass is 345 g/mol. The van der Waals surface area contributed by atoms with Gasteiger partial charge < -0.3 is 21.3 Å². The molecule has 1 aromatic rings. The Kier molecular flexibility index (Phi) is 5.28. The van der Waals surface area contributed by atoms with E-state index in [1.165, 1.54) is 6.20 Å². The first kappa shape index (κ1) is 17.3. The van der Waals surface area contributed by atoms with Crippen LogP contribution in [0.15, 0.2) is 24.5 Å². The maximum Gasteiger partial charge on any atom is 0.253 e. The molecule has 3 amide bonds. The molecule has 0 aromatic carbocycles. The summed E-state index contributed by atoms with van der Waals surface area (Å²) in [4.78, 5) is 42.7. The molecule has 2 aliphatic heterocycles. The maximum absolute atomic E-state index is 12.6. The largest absolute Gasteiger partial charge is 0.347 e. The van der Waals surface area contributed by atoms with Crippen molar-refractivity contribution in [1.29, 1.82) is 0 Å². The zero-order valence-electron chi connectivity index (χ0n) is 14.0. The molecule has 25 heavy (non-hydrogen) atoms. The van der Waals surface area contributed by atoms with Gasteiger partial charge in [-0.2, -0.15) is 0 Å². The van der Waals surface area contributed by atoms with Gasteiger partial charge in [-0.25, -0.2) is 0 Å². The lowest BCUT2D eigenvalue weighted by Crippen LogP contribution is -2.61. The summed E-state index contributed by atoms with van der Waals surface area (Å²) in [6.07, 6.45) is 5.74. The number of piperazine rings is 1. The van der Waals surface area contributed by atoms with Crippen molar-refractivity contribution in [1.82, 2.24) is 20.5 Å². The highest BCUT2D eigenvalue weighted by Crippen LogP contribution is 2.24. The third-order valence-corrected chi connectivity index (χ3v) is 4.71. The Bertz CT molecular complexity index is 651. The topological polar surface area (TPSA) is 117 Å². The molecular weight excluding hydrogens is 322 g/mol. The van der Waals surface area contributed by atoms with E-state index < -0.39 is 12.1 Å². The molecule has 0 aliphatic carbocycles. The zero-order valence-corrected chi connectivity index (χ0v) is 14.0. The van der Waals surface area contributed by atoms with Gasteiger partial charge in [-0.1, -0.05) is 0 Å². The van der Waals surface area contributed by atoms with E-state index in [4.69, 9.17) is 5.73 Å². The molecule has 4 N–H and O–H groups in total. The second-order valence-corrected chi connectivity index (χ2v) is 6.50. The molecule has 2 fully saturated rings. The van der Waals surface area contributed by atoms with Crippen LogP contribution in [0.5, 0.6) is 0 Å². The van der Waals surface area contributed by atoms with Crippen molar-refractivity contribution >= 4 is 17.7 Å². The molecule has 8 heteroatoms. The van der Waals surface area contributed by atoms with Crippen LogP contribution in [0.25, 0.3) is 0 Å². The molecule has 3 atom stereocenters. The van der Waals surface area contributed by atoms with Crippen LogP contribution in [0.4, 0.5) is 0 Å². The smallest absolute Gasteiger partial charge is 0.253 e. The number of unbranched alkanes of at least 4 members (excludes halogenated alkanes) is 1. The van der Waals surface area contributed by atoms with Crippen molar-refractivity contribution in [2.75, 3.05) is 13.1 Å². The van der Waals surface area contributed by atoms with Crippen molar-refractivity contribution in [3.05, 3.63) is 30.1 Å². The molecule has 2 aliphatic rings. The minimum absolute atomic E-state index is 0.0697. The molecule has 8 nitrogen and oxygen atoms in total. The first-order chi connectivity index (χ1) is 12.1. The van der Waals surface area contributed by atoms with Gasteiger partial charge in [0.25, 0.3) is 5.91 Å². The third-order valence-electron chi connectivity index (χ3n) is 4.71. The lowest BCUT2D eigenvalue weighted by Gasteiger charge is -2.34. The fraction of sp³-hybridized carbons (Fsp3) is 0.529. The molecular formula is C17H23N5O3. The number of hydrogen-bond donors (Lipinski definition) is 3. The minimum atomic E-state index is -0.502. The summed E-state index contributed by atoms with van der Waals surface area (Å²) >= 11 is 0. The quantitative estimate of drug-likeness (QED) is 0.596. The SMILES string of the molecule is NCCCC[C@@H]1NC(=O)[C@@H]2C[C@H](NC(=O)c3cccnc3)CN2C1=O. The standard InChI is InChI=1S/C17H23N5O3/c18-6-2-1-5-13-17(25)22-10-12(8-14(22)16(24)21-13)20-15(23)11-4-3-7-19-9-11/h3-4,7,9,12-14H,1-2,5-6,8,10,18H2,(H,20,23)(H,21,24)/t12-,13-,14-/m0/s1. The maximum atomic E-state index is 12.6. The van der Waals surface area contributed by atoms with Crippen LogP contribution in [0.3, 0.4) is 0 Å². The van der Waals surface area contributed by atoms with Crippen molar-refractivity contribution in [3.63, 3.8) is 0 Å². The van der Waals surface area contributed by atoms with Crippen molar-refractivity contribution in [2.24, 2.45) is 5.73 Å². The first-order valence-electron chi connectivity index (χ1n) is 8.62. The molecule has 3 rings (SSSR count). The molecule has 0 saturated carbocycles. The van der Waals surface area contributed by atoms with Crippen molar-refractivity contribution in [3.8, 4) is 0 Å². The number of fused-ring (bicyclic) bond motifs is 1. The molecule has 134 valence electrons. The Morgan fingerprint density at radius 3 is 2.96 bits per heavy atom. The fourth-order valence-electron chi connectivity index (χ4n) is 3.42.